The zero-order valence-electron chi connectivity index (χ0n) is 33.9. The van der Waals surface area contributed by atoms with Crippen LogP contribution in [0.2, 0.25) is 0 Å². The van der Waals surface area contributed by atoms with E-state index in [1.54, 1.807) is 0 Å². The molecule has 0 aromatic heterocycles. The van der Waals surface area contributed by atoms with Gasteiger partial charge in [-0.25, -0.2) is 0 Å². The first-order valence-electron chi connectivity index (χ1n) is 21.0. The molecule has 11 aromatic rings. The van der Waals surface area contributed by atoms with Gasteiger partial charge in [0.15, 0.2) is 0 Å². The molecule has 0 aliphatic carbocycles. The van der Waals surface area contributed by atoms with Crippen LogP contribution in [0.5, 0.6) is 0 Å². The molecule has 288 valence electrons. The maximum absolute atomic E-state index is 2.39. The first-order valence-corrected chi connectivity index (χ1v) is 21.0. The molecule has 0 unspecified atom stereocenters. The fourth-order valence-corrected chi connectivity index (χ4v) is 9.03. The van der Waals surface area contributed by atoms with Crippen molar-refractivity contribution in [3.63, 3.8) is 0 Å². The molecule has 0 radical (unpaired) electrons. The Bertz CT molecular complexity index is 3330. The van der Waals surface area contributed by atoms with E-state index in [0.717, 1.165) is 28.4 Å². The Hall–Kier alpha value is -7.94. The average molecular weight is 779 g/mol. The zero-order valence-corrected chi connectivity index (χ0v) is 33.9. The van der Waals surface area contributed by atoms with Gasteiger partial charge in [-0.1, -0.05) is 181 Å². The summed E-state index contributed by atoms with van der Waals surface area (Å²) in [5.74, 6) is 0. The number of rotatable bonds is 8. The van der Waals surface area contributed by atoms with Crippen LogP contribution in [-0.2, 0) is 0 Å². The number of hydrogen-bond acceptors (Lipinski definition) is 2. The summed E-state index contributed by atoms with van der Waals surface area (Å²) in [6.07, 6.45) is 0. The molecule has 0 N–H and O–H groups in total. The Morgan fingerprint density at radius 1 is 0.246 bits per heavy atom. The van der Waals surface area contributed by atoms with E-state index in [-0.39, 0.29) is 0 Å². The van der Waals surface area contributed by atoms with Gasteiger partial charge in [0.25, 0.3) is 0 Å². The van der Waals surface area contributed by atoms with E-state index < -0.39 is 0 Å². The molecule has 61 heavy (non-hydrogen) atoms. The third-order valence-corrected chi connectivity index (χ3v) is 12.1. The Kier molecular flexibility index (Phi) is 9.09. The van der Waals surface area contributed by atoms with Gasteiger partial charge >= 0.3 is 0 Å². The molecule has 0 saturated heterocycles. The SMILES string of the molecule is Cc1ccc(N(c2ccc(-c3ccc(-c4ccc(N(c5ccccc5)c5cc6ccccc6c6ccccc56)cc4)cc3)cc2)c2cc3ccccc3c3ccccc23)cc1. The molecule has 0 aliphatic rings. The van der Waals surface area contributed by atoms with Crippen LogP contribution in [0.4, 0.5) is 34.1 Å². The van der Waals surface area contributed by atoms with Crippen molar-refractivity contribution in [3.8, 4) is 22.3 Å². The Morgan fingerprint density at radius 3 is 0.951 bits per heavy atom. The Labute approximate surface area is 356 Å². The van der Waals surface area contributed by atoms with Crippen LogP contribution in [0.3, 0.4) is 0 Å². The minimum atomic E-state index is 1.11. The quantitative estimate of drug-likeness (QED) is 0.142. The van der Waals surface area contributed by atoms with E-state index in [2.05, 4.69) is 253 Å². The van der Waals surface area contributed by atoms with Crippen molar-refractivity contribution in [2.75, 3.05) is 9.80 Å². The number of anilines is 6. The van der Waals surface area contributed by atoms with E-state index in [1.165, 1.54) is 76.6 Å². The van der Waals surface area contributed by atoms with Gasteiger partial charge in [-0.05, 0) is 122 Å². The highest BCUT2D eigenvalue weighted by Crippen LogP contribution is 2.44. The molecule has 2 heteroatoms. The van der Waals surface area contributed by atoms with Gasteiger partial charge in [-0.15, -0.1) is 0 Å². The predicted octanol–water partition coefficient (Wildman–Crippen LogP) is 16.9. The Morgan fingerprint density at radius 2 is 0.541 bits per heavy atom. The van der Waals surface area contributed by atoms with Crippen LogP contribution >= 0.6 is 0 Å². The monoisotopic (exact) mass is 778 g/mol. The van der Waals surface area contributed by atoms with E-state index in [0.29, 0.717) is 0 Å². The number of para-hydroxylation sites is 1. The first kappa shape index (κ1) is 36.2. The van der Waals surface area contributed by atoms with E-state index in [9.17, 15) is 0 Å². The number of fused-ring (bicyclic) bond motifs is 6. The number of aryl methyl sites for hydroxylation is 1. The van der Waals surface area contributed by atoms with Crippen molar-refractivity contribution in [2.24, 2.45) is 0 Å². The van der Waals surface area contributed by atoms with Gasteiger partial charge in [-0.2, -0.15) is 0 Å². The van der Waals surface area contributed by atoms with Crippen LogP contribution in [0, 0.1) is 6.92 Å². The third kappa shape index (κ3) is 6.65. The third-order valence-electron chi connectivity index (χ3n) is 12.1. The van der Waals surface area contributed by atoms with Gasteiger partial charge in [-0.3, -0.25) is 0 Å². The predicted molar refractivity (Wildman–Crippen MR) is 261 cm³/mol. The summed E-state index contributed by atoms with van der Waals surface area (Å²) in [5, 5.41) is 9.95. The maximum Gasteiger partial charge on any atom is 0.0546 e. The lowest BCUT2D eigenvalue weighted by molar-refractivity contribution is 1.29. The van der Waals surface area contributed by atoms with Gasteiger partial charge < -0.3 is 9.80 Å². The van der Waals surface area contributed by atoms with E-state index in [1.807, 2.05) is 0 Å². The lowest BCUT2D eigenvalue weighted by atomic mass is 9.98. The molecule has 0 bridgehead atoms. The van der Waals surface area contributed by atoms with Gasteiger partial charge in [0.2, 0.25) is 0 Å². The minimum Gasteiger partial charge on any atom is -0.310 e. The van der Waals surface area contributed by atoms with Crippen LogP contribution < -0.4 is 9.80 Å². The average Bonchev–Trinajstić information content (AvgIpc) is 3.33. The smallest absolute Gasteiger partial charge is 0.0546 e. The molecule has 0 aliphatic heterocycles. The summed E-state index contributed by atoms with van der Waals surface area (Å²) in [4.78, 5) is 4.78. The van der Waals surface area contributed by atoms with Crippen molar-refractivity contribution in [1.29, 1.82) is 0 Å². The fraction of sp³-hybridized carbons (Fsp3) is 0.0169. The lowest BCUT2D eigenvalue weighted by Gasteiger charge is -2.28. The van der Waals surface area contributed by atoms with Crippen molar-refractivity contribution < 1.29 is 0 Å². The van der Waals surface area contributed by atoms with Crippen molar-refractivity contribution >= 4 is 77.2 Å². The maximum atomic E-state index is 2.39. The second kappa shape index (κ2) is 15.3. The topological polar surface area (TPSA) is 6.48 Å². The van der Waals surface area contributed by atoms with Gasteiger partial charge in [0.1, 0.15) is 0 Å². The summed E-state index contributed by atoms with van der Waals surface area (Å²) < 4.78 is 0. The number of hydrogen-bond donors (Lipinski definition) is 0. The highest BCUT2D eigenvalue weighted by atomic mass is 15.1. The van der Waals surface area contributed by atoms with Crippen LogP contribution in [0.1, 0.15) is 5.56 Å². The van der Waals surface area contributed by atoms with Crippen LogP contribution in [-0.4, -0.2) is 0 Å². The molecule has 0 atom stereocenters. The summed E-state index contributed by atoms with van der Waals surface area (Å²) in [6, 6.07) is 86.0. The molecule has 0 fully saturated rings. The summed E-state index contributed by atoms with van der Waals surface area (Å²) in [7, 11) is 0. The first-order chi connectivity index (χ1) is 30.2. The standard InChI is InChI=1S/C59H42N2/c1-41-23-33-49(34-24-41)61(59-40-47-14-6-8-18-53(47)55-20-10-12-22-57(55)59)51-37-31-45(32-38-51)43-27-25-42(26-28-43)44-29-35-50(36-30-44)60(48-15-3-2-4-16-48)58-39-46-13-5-7-17-52(46)54-19-9-11-21-56(54)58/h2-40H,1H3. The highest BCUT2D eigenvalue weighted by molar-refractivity contribution is 6.15. The highest BCUT2D eigenvalue weighted by Gasteiger charge is 2.19. The molecule has 0 spiro atoms. The molecule has 11 rings (SSSR count). The lowest BCUT2D eigenvalue weighted by Crippen LogP contribution is -2.10. The number of nitrogens with zero attached hydrogens (tertiary/aromatic N) is 2. The zero-order chi connectivity index (χ0) is 40.7. The fourth-order valence-electron chi connectivity index (χ4n) is 9.03. The second-order valence-electron chi connectivity index (χ2n) is 15.8. The normalized spacial score (nSPS) is 11.4. The van der Waals surface area contributed by atoms with Crippen molar-refractivity contribution in [2.45, 2.75) is 6.92 Å². The van der Waals surface area contributed by atoms with Gasteiger partial charge in [0, 0.05) is 33.5 Å². The molecule has 11 aromatic carbocycles. The Balaban J connectivity index is 0.914. The molecule has 0 amide bonds. The molecular weight excluding hydrogens is 737 g/mol. The molecule has 0 heterocycles. The second-order valence-corrected chi connectivity index (χ2v) is 15.8. The van der Waals surface area contributed by atoms with Crippen LogP contribution in [0.15, 0.2) is 237 Å². The molecule has 0 saturated carbocycles. The summed E-state index contributed by atoms with van der Waals surface area (Å²) in [6.45, 7) is 2.14. The molecular formula is C59H42N2. The molecule has 2 nitrogen and oxygen atoms in total. The van der Waals surface area contributed by atoms with Crippen LogP contribution in [0.25, 0.3) is 65.3 Å². The van der Waals surface area contributed by atoms with Crippen molar-refractivity contribution in [3.05, 3.63) is 242 Å². The summed E-state index contributed by atoms with van der Waals surface area (Å²) in [5.41, 5.74) is 12.8. The number of benzene rings is 11. The largest absolute Gasteiger partial charge is 0.310 e. The van der Waals surface area contributed by atoms with E-state index in [4.69, 9.17) is 0 Å². The van der Waals surface area contributed by atoms with E-state index >= 15 is 0 Å². The summed E-state index contributed by atoms with van der Waals surface area (Å²) >= 11 is 0. The van der Waals surface area contributed by atoms with Crippen molar-refractivity contribution in [1.82, 2.24) is 0 Å². The van der Waals surface area contributed by atoms with Gasteiger partial charge in [0.05, 0.1) is 11.4 Å². The minimum absolute atomic E-state index is 1.11.